The van der Waals surface area contributed by atoms with Crippen molar-refractivity contribution in [1.82, 2.24) is 15.5 Å². The molecular formula is C15H25N3O2. The van der Waals surface area contributed by atoms with Gasteiger partial charge in [0.1, 0.15) is 0 Å². The van der Waals surface area contributed by atoms with Crippen molar-refractivity contribution >= 4 is 5.91 Å². The van der Waals surface area contributed by atoms with Gasteiger partial charge >= 0.3 is 0 Å². The average Bonchev–Trinajstić information content (AvgIpc) is 2.96. The lowest BCUT2D eigenvalue weighted by molar-refractivity contribution is 0.0428. The zero-order chi connectivity index (χ0) is 14.8. The highest BCUT2D eigenvalue weighted by Crippen LogP contribution is 2.22. The molecule has 2 rings (SSSR count). The molecule has 0 spiro atoms. The summed E-state index contributed by atoms with van der Waals surface area (Å²) in [5, 5.41) is 20.1. The first kappa shape index (κ1) is 15.0. The number of carbonyl (C=O) groups is 1. The van der Waals surface area contributed by atoms with Crippen molar-refractivity contribution in [3.05, 3.63) is 17.0 Å². The van der Waals surface area contributed by atoms with E-state index in [4.69, 9.17) is 0 Å². The van der Waals surface area contributed by atoms with Crippen LogP contribution in [0.5, 0.6) is 0 Å². The Morgan fingerprint density at radius 3 is 2.95 bits per heavy atom. The van der Waals surface area contributed by atoms with Gasteiger partial charge in [-0.15, -0.1) is 0 Å². The number of aromatic nitrogens is 2. The molecule has 1 heterocycles. The molecule has 0 saturated carbocycles. The molecule has 0 aliphatic heterocycles. The highest BCUT2D eigenvalue weighted by molar-refractivity contribution is 5.94. The Morgan fingerprint density at radius 1 is 1.50 bits per heavy atom. The van der Waals surface area contributed by atoms with Gasteiger partial charge in [-0.05, 0) is 44.9 Å². The summed E-state index contributed by atoms with van der Waals surface area (Å²) in [6.45, 7) is 6.29. The van der Waals surface area contributed by atoms with Crippen LogP contribution in [0.15, 0.2) is 0 Å². The first-order valence-electron chi connectivity index (χ1n) is 7.46. The second-order valence-electron chi connectivity index (χ2n) is 6.50. The van der Waals surface area contributed by atoms with E-state index in [0.717, 1.165) is 36.9 Å². The fraction of sp³-hybridized carbons (Fsp3) is 0.733. The van der Waals surface area contributed by atoms with Crippen molar-refractivity contribution in [3.63, 3.8) is 0 Å². The molecular weight excluding hydrogens is 254 g/mol. The number of H-pyrrole nitrogens is 1. The minimum Gasteiger partial charge on any atom is -0.388 e. The highest BCUT2D eigenvalue weighted by atomic mass is 16.3. The largest absolute Gasteiger partial charge is 0.388 e. The molecule has 1 aromatic rings. The lowest BCUT2D eigenvalue weighted by Gasteiger charge is -2.24. The van der Waals surface area contributed by atoms with Crippen LogP contribution < -0.4 is 5.32 Å². The summed E-state index contributed by atoms with van der Waals surface area (Å²) in [7, 11) is 0. The third-order valence-electron chi connectivity index (χ3n) is 3.91. The maximum Gasteiger partial charge on any atom is 0.272 e. The number of aromatic amines is 1. The molecule has 1 aliphatic rings. The molecule has 1 aromatic heterocycles. The minimum atomic E-state index is -0.862. The predicted molar refractivity (Wildman–Crippen MR) is 77.6 cm³/mol. The Morgan fingerprint density at radius 2 is 2.25 bits per heavy atom. The van der Waals surface area contributed by atoms with Crippen LogP contribution >= 0.6 is 0 Å². The van der Waals surface area contributed by atoms with E-state index in [1.165, 1.54) is 0 Å². The van der Waals surface area contributed by atoms with Crippen molar-refractivity contribution in [1.29, 1.82) is 0 Å². The molecule has 3 N–H and O–H groups in total. The Bertz CT molecular complexity index is 477. The number of aliphatic hydroxyl groups is 1. The summed E-state index contributed by atoms with van der Waals surface area (Å²) in [5.74, 6) is 0.362. The standard InChI is InChI=1S/C15H25N3O2/c1-10(2)7-8-15(3,20)9-16-14(19)13-11-5-4-6-12(11)17-18-13/h10,20H,4-9H2,1-3H3,(H,16,19)(H,17,18). The Hall–Kier alpha value is -1.36. The number of nitrogens with zero attached hydrogens (tertiary/aromatic N) is 1. The zero-order valence-corrected chi connectivity index (χ0v) is 12.6. The summed E-state index contributed by atoms with van der Waals surface area (Å²) in [6.07, 6.45) is 4.60. The van der Waals surface area contributed by atoms with Gasteiger partial charge in [0.15, 0.2) is 5.69 Å². The van der Waals surface area contributed by atoms with Gasteiger partial charge in [0, 0.05) is 17.8 Å². The van der Waals surface area contributed by atoms with Crippen LogP contribution in [0.2, 0.25) is 0 Å². The van der Waals surface area contributed by atoms with E-state index in [2.05, 4.69) is 29.4 Å². The van der Waals surface area contributed by atoms with Crippen molar-refractivity contribution in [3.8, 4) is 0 Å². The summed E-state index contributed by atoms with van der Waals surface area (Å²) < 4.78 is 0. The Balaban J connectivity index is 1.88. The summed E-state index contributed by atoms with van der Waals surface area (Å²) in [6, 6.07) is 0. The lowest BCUT2D eigenvalue weighted by atomic mass is 9.95. The molecule has 0 bridgehead atoms. The first-order chi connectivity index (χ1) is 9.39. The molecule has 1 atom stereocenters. The topological polar surface area (TPSA) is 78.0 Å². The summed E-state index contributed by atoms with van der Waals surface area (Å²) in [5.41, 5.74) is 1.77. The quantitative estimate of drug-likeness (QED) is 0.743. The van der Waals surface area contributed by atoms with E-state index in [0.29, 0.717) is 18.0 Å². The van der Waals surface area contributed by atoms with E-state index in [1.807, 2.05) is 0 Å². The molecule has 1 unspecified atom stereocenters. The lowest BCUT2D eigenvalue weighted by Crippen LogP contribution is -2.41. The smallest absolute Gasteiger partial charge is 0.272 e. The molecule has 0 saturated heterocycles. The molecule has 0 aromatic carbocycles. The molecule has 1 aliphatic carbocycles. The normalized spacial score (nSPS) is 17.1. The number of aryl methyl sites for hydroxylation is 1. The number of amides is 1. The van der Waals surface area contributed by atoms with E-state index in [-0.39, 0.29) is 12.5 Å². The monoisotopic (exact) mass is 279 g/mol. The van der Waals surface area contributed by atoms with Crippen LogP contribution in [0.1, 0.15) is 61.8 Å². The van der Waals surface area contributed by atoms with Crippen LogP contribution in [-0.2, 0) is 12.8 Å². The molecule has 5 nitrogen and oxygen atoms in total. The SMILES string of the molecule is CC(C)CCC(C)(O)CNC(=O)c1n[nH]c2c1CCC2. The van der Waals surface area contributed by atoms with Crippen molar-refractivity contribution in [2.24, 2.45) is 5.92 Å². The fourth-order valence-corrected chi connectivity index (χ4v) is 2.55. The summed E-state index contributed by atoms with van der Waals surface area (Å²) in [4.78, 5) is 12.1. The second-order valence-corrected chi connectivity index (χ2v) is 6.50. The van der Waals surface area contributed by atoms with Crippen molar-refractivity contribution in [2.75, 3.05) is 6.54 Å². The third kappa shape index (κ3) is 3.60. The van der Waals surface area contributed by atoms with Gasteiger partial charge in [0.05, 0.1) is 5.60 Å². The fourth-order valence-electron chi connectivity index (χ4n) is 2.55. The van der Waals surface area contributed by atoms with Gasteiger partial charge in [-0.1, -0.05) is 13.8 Å². The molecule has 20 heavy (non-hydrogen) atoms. The van der Waals surface area contributed by atoms with E-state index in [1.54, 1.807) is 6.92 Å². The number of rotatable bonds is 6. The molecule has 1 amide bonds. The third-order valence-corrected chi connectivity index (χ3v) is 3.91. The van der Waals surface area contributed by atoms with Gasteiger partial charge in [-0.25, -0.2) is 0 Å². The second kappa shape index (κ2) is 5.95. The zero-order valence-electron chi connectivity index (χ0n) is 12.6. The number of hydrogen-bond acceptors (Lipinski definition) is 3. The number of fused-ring (bicyclic) bond motifs is 1. The van der Waals surface area contributed by atoms with E-state index < -0.39 is 5.60 Å². The predicted octanol–water partition coefficient (Wildman–Crippen LogP) is 1.82. The Kier molecular flexibility index (Phi) is 4.48. The van der Waals surface area contributed by atoms with Gasteiger partial charge < -0.3 is 10.4 Å². The van der Waals surface area contributed by atoms with Crippen LogP contribution in [0, 0.1) is 5.92 Å². The summed E-state index contributed by atoms with van der Waals surface area (Å²) >= 11 is 0. The van der Waals surface area contributed by atoms with Crippen LogP contribution in [0.4, 0.5) is 0 Å². The first-order valence-corrected chi connectivity index (χ1v) is 7.46. The molecule has 112 valence electrons. The minimum absolute atomic E-state index is 0.186. The Labute approximate surface area is 120 Å². The van der Waals surface area contributed by atoms with Crippen LogP contribution in [-0.4, -0.2) is 33.4 Å². The van der Waals surface area contributed by atoms with Crippen LogP contribution in [0.25, 0.3) is 0 Å². The van der Waals surface area contributed by atoms with Crippen molar-refractivity contribution < 1.29 is 9.90 Å². The number of carbonyl (C=O) groups excluding carboxylic acids is 1. The van der Waals surface area contributed by atoms with Crippen molar-refractivity contribution in [2.45, 2.75) is 58.5 Å². The molecule has 0 radical (unpaired) electrons. The maximum atomic E-state index is 12.1. The van der Waals surface area contributed by atoms with Crippen LogP contribution in [0.3, 0.4) is 0 Å². The average molecular weight is 279 g/mol. The van der Waals surface area contributed by atoms with Gasteiger partial charge in [0.2, 0.25) is 0 Å². The maximum absolute atomic E-state index is 12.1. The highest BCUT2D eigenvalue weighted by Gasteiger charge is 2.26. The van der Waals surface area contributed by atoms with Gasteiger partial charge in [0.25, 0.3) is 5.91 Å². The van der Waals surface area contributed by atoms with E-state index >= 15 is 0 Å². The van der Waals surface area contributed by atoms with Gasteiger partial charge in [-0.2, -0.15) is 5.10 Å². The van der Waals surface area contributed by atoms with Gasteiger partial charge in [-0.3, -0.25) is 9.89 Å². The number of nitrogens with one attached hydrogen (secondary N) is 2. The molecule has 0 fully saturated rings. The molecule has 5 heteroatoms. The number of hydrogen-bond donors (Lipinski definition) is 3. The van der Waals surface area contributed by atoms with E-state index in [9.17, 15) is 9.90 Å².